The third-order valence-corrected chi connectivity index (χ3v) is 16.4. The van der Waals surface area contributed by atoms with Crippen molar-refractivity contribution < 1.29 is 87.9 Å². The number of sulfone groups is 1. The van der Waals surface area contributed by atoms with Crippen molar-refractivity contribution in [3.05, 3.63) is 95.8 Å². The van der Waals surface area contributed by atoms with Gasteiger partial charge in [-0.2, -0.15) is 53.7 Å². The summed E-state index contributed by atoms with van der Waals surface area (Å²) < 4.78 is 181. The number of nitrogens with zero attached hydrogens (tertiary/aromatic N) is 8. The average Bonchev–Trinajstić information content (AvgIpc) is 3.57. The first kappa shape index (κ1) is 59.9. The molecular weight excluding hydrogens is 1220 g/mol. The summed E-state index contributed by atoms with van der Waals surface area (Å²) in [6.45, 7) is 1.26. The molecule has 0 bridgehead atoms. The number of rotatable bonds is 22. The molecule has 7 rings (SSSR count). The van der Waals surface area contributed by atoms with E-state index >= 15 is 0 Å². The number of alkyl halides is 1. The maximum atomic E-state index is 12.7. The molecule has 0 saturated carbocycles. The lowest BCUT2D eigenvalue weighted by atomic mass is 10.0. The Balaban J connectivity index is 1.21. The van der Waals surface area contributed by atoms with Crippen molar-refractivity contribution >= 4 is 158 Å². The minimum Gasteiger partial charge on any atom is -0.505 e. The first-order chi connectivity index (χ1) is 36.8. The summed E-state index contributed by atoms with van der Waals surface area (Å²) >= 11 is 9.98. The first-order valence-corrected chi connectivity index (χ1v) is 30.6. The Morgan fingerprint density at radius 1 is 0.709 bits per heavy atom. The second-order valence-corrected chi connectivity index (χ2v) is 24.9. The summed E-state index contributed by atoms with van der Waals surface area (Å²) in [6, 6.07) is 15.2. The molecule has 8 N–H and O–H groups in total. The van der Waals surface area contributed by atoms with Crippen LogP contribution in [0.2, 0.25) is 5.28 Å². The van der Waals surface area contributed by atoms with Gasteiger partial charge in [0.25, 0.3) is 30.4 Å². The van der Waals surface area contributed by atoms with Gasteiger partial charge in [0, 0.05) is 23.5 Å². The second kappa shape index (κ2) is 23.5. The lowest BCUT2D eigenvalue weighted by Crippen LogP contribution is -2.15. The molecule has 0 aliphatic heterocycles. The van der Waals surface area contributed by atoms with Gasteiger partial charge in [-0.15, -0.1) is 15.3 Å². The molecule has 1 unspecified atom stereocenters. The number of halogens is 2. The maximum Gasteiger partial charge on any atom is 0.398 e. The van der Waals surface area contributed by atoms with Crippen LogP contribution < -0.4 is 15.7 Å². The number of azo groups is 2. The first-order valence-electron chi connectivity index (χ1n) is 21.2. The maximum absolute atomic E-state index is 12.7. The van der Waals surface area contributed by atoms with Gasteiger partial charge in [-0.05, 0) is 120 Å². The molecule has 0 spiro atoms. The molecule has 38 heteroatoms. The highest BCUT2D eigenvalue weighted by molar-refractivity contribution is 7.92. The number of aromatic nitrogens is 3. The van der Waals surface area contributed by atoms with Crippen LogP contribution >= 0.6 is 23.2 Å². The number of hydrogen-bond donors (Lipinski definition) is 8. The third kappa shape index (κ3) is 14.7. The predicted octanol–water partition coefficient (Wildman–Crippen LogP) is 7.40. The third-order valence-electron chi connectivity index (χ3n) is 10.5. The summed E-state index contributed by atoms with van der Waals surface area (Å²) in [6.07, 6.45) is 0. The zero-order valence-electron chi connectivity index (χ0n) is 39.6. The van der Waals surface area contributed by atoms with E-state index < -0.39 is 121 Å². The number of phenols is 2. The van der Waals surface area contributed by atoms with Gasteiger partial charge in [-0.1, -0.05) is 11.6 Å². The smallest absolute Gasteiger partial charge is 0.398 e. The van der Waals surface area contributed by atoms with E-state index in [1.807, 2.05) is 0 Å². The molecular formula is C41H36Cl2N10O20S6. The highest BCUT2D eigenvalue weighted by Crippen LogP contribution is 2.46. The van der Waals surface area contributed by atoms with Gasteiger partial charge >= 0.3 is 10.4 Å². The minimum absolute atomic E-state index is 0.0198. The Hall–Kier alpha value is -6.75. The fourth-order valence-corrected chi connectivity index (χ4v) is 11.3. The second-order valence-electron chi connectivity index (χ2n) is 15.8. The van der Waals surface area contributed by atoms with E-state index in [4.69, 9.17) is 36.8 Å². The molecule has 30 nitrogen and oxygen atoms in total. The summed E-state index contributed by atoms with van der Waals surface area (Å²) in [5, 5.41) is 40.7. The molecule has 0 aliphatic rings. The Bertz CT molecular complexity index is 4260. The Morgan fingerprint density at radius 3 is 2.04 bits per heavy atom. The van der Waals surface area contributed by atoms with E-state index in [-0.39, 0.29) is 79.9 Å². The molecule has 0 radical (unpaired) electrons. The van der Waals surface area contributed by atoms with Gasteiger partial charge < -0.3 is 20.4 Å². The van der Waals surface area contributed by atoms with E-state index in [0.29, 0.717) is 0 Å². The molecule has 7 aromatic rings. The van der Waals surface area contributed by atoms with E-state index in [9.17, 15) is 70.2 Å². The van der Waals surface area contributed by atoms with E-state index in [1.165, 1.54) is 49.2 Å². The number of fused-ring (bicyclic) bond motifs is 2. The summed E-state index contributed by atoms with van der Waals surface area (Å²) in [5.74, 6) is -3.67. The van der Waals surface area contributed by atoms with E-state index in [1.54, 1.807) is 0 Å². The number of hydrogen-bond acceptors (Lipinski definition) is 26. The van der Waals surface area contributed by atoms with Gasteiger partial charge in [0.2, 0.25) is 27.0 Å². The van der Waals surface area contributed by atoms with Crippen LogP contribution in [0.5, 0.6) is 11.5 Å². The average molecular weight is 1250 g/mol. The predicted molar refractivity (Wildman–Crippen MR) is 282 cm³/mol. The van der Waals surface area contributed by atoms with Crippen LogP contribution in [0.4, 0.5) is 51.7 Å². The number of anilines is 5. The number of phenolic OH excluding ortho intramolecular Hbond substituents is 2. The Morgan fingerprint density at radius 2 is 1.39 bits per heavy atom. The summed E-state index contributed by atoms with van der Waals surface area (Å²) in [4.78, 5) is 16.3. The van der Waals surface area contributed by atoms with Crippen LogP contribution in [0.3, 0.4) is 0 Å². The normalized spacial score (nSPS) is 13.2. The van der Waals surface area contributed by atoms with E-state index in [2.05, 4.69) is 50.4 Å². The Labute approximate surface area is 459 Å². The molecule has 420 valence electrons. The van der Waals surface area contributed by atoms with Crippen molar-refractivity contribution in [1.82, 2.24) is 15.0 Å². The van der Waals surface area contributed by atoms with Crippen LogP contribution in [0.15, 0.2) is 125 Å². The lowest BCUT2D eigenvalue weighted by molar-refractivity contribution is 0.210. The van der Waals surface area contributed by atoms with Crippen LogP contribution in [0.1, 0.15) is 5.56 Å². The zero-order chi connectivity index (χ0) is 58.0. The molecule has 0 saturated heterocycles. The van der Waals surface area contributed by atoms with Crippen LogP contribution in [0.25, 0.3) is 21.5 Å². The molecule has 0 amide bonds. The van der Waals surface area contributed by atoms with Gasteiger partial charge in [-0.25, -0.2) is 16.8 Å². The van der Waals surface area contributed by atoms with Crippen molar-refractivity contribution in [2.75, 3.05) is 47.1 Å². The molecule has 1 aromatic heterocycles. The van der Waals surface area contributed by atoms with Crippen LogP contribution in [0, 0.1) is 6.92 Å². The topological polar surface area (TPSA) is 452 Å². The van der Waals surface area contributed by atoms with Gasteiger partial charge in [0.1, 0.15) is 32.9 Å². The monoisotopic (exact) mass is 1250 g/mol. The molecule has 0 fully saturated rings. The number of aryl methyl sites for hydroxylation is 1. The van der Waals surface area contributed by atoms with E-state index in [0.717, 1.165) is 54.6 Å². The summed E-state index contributed by atoms with van der Waals surface area (Å²) in [5.41, 5.74) is 0.937. The van der Waals surface area contributed by atoms with Gasteiger partial charge in [0.05, 0.1) is 39.2 Å². The van der Waals surface area contributed by atoms with Crippen molar-refractivity contribution in [3.8, 4) is 11.5 Å². The van der Waals surface area contributed by atoms with Crippen molar-refractivity contribution in [2.24, 2.45) is 20.5 Å². The van der Waals surface area contributed by atoms with Crippen molar-refractivity contribution in [3.63, 3.8) is 0 Å². The number of aromatic hydroxyl groups is 2. The number of nitrogens with one attached hydrogen (secondary N) is 2. The number of benzene rings is 6. The highest BCUT2D eigenvalue weighted by atomic mass is 35.5. The fraction of sp³-hybridized carbons (Fsp3) is 0.146. The van der Waals surface area contributed by atoms with Crippen molar-refractivity contribution in [2.45, 2.75) is 26.5 Å². The SMILES string of the molecule is Cc1cc2cc(S(=O)(=O)O)cc(Nc3nc(Cl)nc(N(C)c4ccc5c(O)c(N=Nc6ccc(S(=O)(=O)COS(=O)(=O)O)cc6)c(S(=O)(=O)O)cc5c4)n3)c2c(O)c1N=Nc1cc(NOCCS(=O)OCCl)ccc1S(=O)(=O)O. The minimum atomic E-state index is -5.17. The standard InChI is InChI=1S/C41H36Cl2N10O20S6/c1-21-13-23-15-28(76(59,60)61)18-31(34(23)38(55)35(21)50-49-30-17-25(5-10-32(30)77(62,63)64)52-71-11-12-74(56)72-19-42)44-40-45-39(43)46-41(47-40)53(2)26-6-9-29-22(14-26)16-33(78(65,66)67)36(37(29)54)51-48-24-3-7-27(8-4-24)75(57,58)20-73-79(68,69)70/h3-10,13-18,52,54-55H,11-12,19-20H2,1-2H3,(H,59,60,61)(H,62,63,64)(H,65,66,67)(H,68,69,70)(H,44,45,46,47). The molecule has 79 heavy (non-hydrogen) atoms. The molecule has 0 aliphatic carbocycles. The quantitative estimate of drug-likeness (QED) is 0.0108. The van der Waals surface area contributed by atoms with Crippen LogP contribution in [-0.4, -0.2) is 121 Å². The van der Waals surface area contributed by atoms with Gasteiger partial charge in [-0.3, -0.25) is 32.7 Å². The molecule has 6 aromatic carbocycles. The summed E-state index contributed by atoms with van der Waals surface area (Å²) in [7, 11) is -23.1. The van der Waals surface area contributed by atoms with Gasteiger partial charge in [0.15, 0.2) is 28.5 Å². The highest BCUT2D eigenvalue weighted by Gasteiger charge is 2.26. The zero-order valence-corrected chi connectivity index (χ0v) is 46.0. The largest absolute Gasteiger partial charge is 0.505 e. The fourth-order valence-electron chi connectivity index (χ4n) is 6.97. The Kier molecular flexibility index (Phi) is 17.8. The molecule has 1 atom stereocenters. The van der Waals surface area contributed by atoms with Crippen molar-refractivity contribution in [1.29, 1.82) is 0 Å². The lowest BCUT2D eigenvalue weighted by Gasteiger charge is -2.19. The molecule has 1 heterocycles. The van der Waals surface area contributed by atoms with Crippen LogP contribution in [-0.2, 0) is 74.9 Å².